The van der Waals surface area contributed by atoms with Gasteiger partial charge < -0.3 is 9.47 Å². The monoisotopic (exact) mass is 435 g/mol. The normalized spacial score (nSPS) is 22.5. The van der Waals surface area contributed by atoms with E-state index in [0.29, 0.717) is 23.8 Å². The first-order chi connectivity index (χ1) is 15.4. The molecule has 2 aromatic rings. The van der Waals surface area contributed by atoms with E-state index in [9.17, 15) is 4.79 Å². The summed E-state index contributed by atoms with van der Waals surface area (Å²) in [5.41, 5.74) is 4.09. The Hall–Kier alpha value is -2.07. The summed E-state index contributed by atoms with van der Waals surface area (Å²) in [5, 5.41) is 0. The Morgan fingerprint density at radius 2 is 1.78 bits per heavy atom. The molecule has 32 heavy (non-hydrogen) atoms. The Balaban J connectivity index is 1.57. The van der Waals surface area contributed by atoms with Gasteiger partial charge in [-0.05, 0) is 43.4 Å². The summed E-state index contributed by atoms with van der Waals surface area (Å²) in [6.07, 6.45) is 8.32. The summed E-state index contributed by atoms with van der Waals surface area (Å²) in [7, 11) is 2.13. The second-order valence-electron chi connectivity index (χ2n) is 10.5. The Morgan fingerprint density at radius 1 is 1.06 bits per heavy atom. The molecule has 2 aliphatic rings. The van der Waals surface area contributed by atoms with E-state index in [1.165, 1.54) is 48.9 Å². The summed E-state index contributed by atoms with van der Waals surface area (Å²) in [5.74, 6) is 1.36. The van der Waals surface area contributed by atoms with Gasteiger partial charge >= 0.3 is 0 Å². The van der Waals surface area contributed by atoms with E-state index >= 15 is 0 Å². The zero-order valence-electron chi connectivity index (χ0n) is 20.5. The zero-order valence-corrected chi connectivity index (χ0v) is 20.5. The van der Waals surface area contributed by atoms with E-state index in [4.69, 9.17) is 0 Å². The van der Waals surface area contributed by atoms with Gasteiger partial charge in [-0.25, -0.2) is 0 Å². The van der Waals surface area contributed by atoms with E-state index in [1.807, 2.05) is 0 Å². The number of hydrogen-bond acceptors (Lipinski definition) is 2. The van der Waals surface area contributed by atoms with E-state index in [-0.39, 0.29) is 5.92 Å². The van der Waals surface area contributed by atoms with Gasteiger partial charge in [-0.15, -0.1) is 0 Å². The fourth-order valence-corrected chi connectivity index (χ4v) is 5.75. The maximum Gasteiger partial charge on any atom is 0.225 e. The molecule has 1 aliphatic carbocycles. The highest BCUT2D eigenvalue weighted by atomic mass is 16.2. The average Bonchev–Trinajstić information content (AvgIpc) is 3.38. The number of amides is 1. The molecular formula is C28H41N3O. The second-order valence-corrected chi connectivity index (χ2v) is 10.5. The van der Waals surface area contributed by atoms with Crippen molar-refractivity contribution in [3.63, 3.8) is 0 Å². The Morgan fingerprint density at radius 3 is 2.41 bits per heavy atom. The first-order valence-corrected chi connectivity index (χ1v) is 12.6. The zero-order chi connectivity index (χ0) is 22.7. The fraction of sp³-hybridized carbons (Fsp3) is 0.607. The van der Waals surface area contributed by atoms with Gasteiger partial charge in [-0.2, -0.15) is 0 Å². The Labute approximate surface area is 194 Å². The lowest BCUT2D eigenvalue weighted by molar-refractivity contribution is -0.138. The van der Waals surface area contributed by atoms with Gasteiger partial charge in [-0.1, -0.05) is 62.9 Å². The SMILES string of the molecule is Cc1ccc(C2CN(Cc3cccn3C)CC2CN(C(=O)C(C)C)C2CCCCC2)cc1. The molecule has 2 fully saturated rings. The van der Waals surface area contributed by atoms with Gasteiger partial charge in [0.2, 0.25) is 5.91 Å². The summed E-state index contributed by atoms with van der Waals surface area (Å²) in [6, 6.07) is 13.9. The van der Waals surface area contributed by atoms with E-state index < -0.39 is 0 Å². The third-order valence-corrected chi connectivity index (χ3v) is 7.68. The first kappa shape index (κ1) is 23.1. The third-order valence-electron chi connectivity index (χ3n) is 7.68. The number of aryl methyl sites for hydroxylation is 2. The van der Waals surface area contributed by atoms with Gasteiger partial charge in [0.15, 0.2) is 0 Å². The largest absolute Gasteiger partial charge is 0.353 e. The molecule has 174 valence electrons. The van der Waals surface area contributed by atoms with Crippen LogP contribution in [-0.4, -0.2) is 46.0 Å². The van der Waals surface area contributed by atoms with Crippen LogP contribution >= 0.6 is 0 Å². The van der Waals surface area contributed by atoms with Crippen molar-refractivity contribution in [2.45, 2.75) is 71.4 Å². The molecule has 1 aromatic carbocycles. The number of likely N-dealkylation sites (tertiary alicyclic amines) is 1. The van der Waals surface area contributed by atoms with E-state index in [0.717, 1.165) is 26.2 Å². The lowest BCUT2D eigenvalue weighted by Crippen LogP contribution is -2.47. The molecule has 1 aromatic heterocycles. The number of carbonyl (C=O) groups excluding carboxylic acids is 1. The van der Waals surface area contributed by atoms with Crippen LogP contribution in [0.5, 0.6) is 0 Å². The summed E-state index contributed by atoms with van der Waals surface area (Å²) in [6.45, 7) is 10.3. The average molecular weight is 436 g/mol. The minimum absolute atomic E-state index is 0.0654. The lowest BCUT2D eigenvalue weighted by Gasteiger charge is -2.38. The van der Waals surface area contributed by atoms with Crippen LogP contribution in [0.1, 0.15) is 68.7 Å². The quantitative estimate of drug-likeness (QED) is 0.585. The van der Waals surface area contributed by atoms with Crippen LogP contribution in [0.15, 0.2) is 42.6 Å². The van der Waals surface area contributed by atoms with Crippen molar-refractivity contribution in [1.29, 1.82) is 0 Å². The molecule has 0 bridgehead atoms. The van der Waals surface area contributed by atoms with Crippen LogP contribution in [0, 0.1) is 18.8 Å². The summed E-state index contributed by atoms with van der Waals surface area (Å²) in [4.78, 5) is 18.2. The number of aromatic nitrogens is 1. The molecule has 0 spiro atoms. The number of nitrogens with zero attached hydrogens (tertiary/aromatic N) is 3. The van der Waals surface area contributed by atoms with Crippen LogP contribution in [0.3, 0.4) is 0 Å². The van der Waals surface area contributed by atoms with Gasteiger partial charge in [0.05, 0.1) is 0 Å². The maximum atomic E-state index is 13.3. The van der Waals surface area contributed by atoms with Crippen molar-refractivity contribution in [1.82, 2.24) is 14.4 Å². The predicted molar refractivity (Wildman–Crippen MR) is 132 cm³/mol. The van der Waals surface area contributed by atoms with Crippen molar-refractivity contribution in [2.24, 2.45) is 18.9 Å². The number of hydrogen-bond donors (Lipinski definition) is 0. The van der Waals surface area contributed by atoms with Crippen LogP contribution < -0.4 is 0 Å². The second kappa shape index (κ2) is 10.2. The summed E-state index contributed by atoms with van der Waals surface area (Å²) >= 11 is 0. The number of rotatable bonds is 7. The molecule has 4 rings (SSSR count). The van der Waals surface area contributed by atoms with Gasteiger partial charge in [0.1, 0.15) is 0 Å². The van der Waals surface area contributed by atoms with Crippen molar-refractivity contribution in [2.75, 3.05) is 19.6 Å². The highest BCUT2D eigenvalue weighted by Gasteiger charge is 2.38. The molecule has 0 radical (unpaired) electrons. The molecule has 0 N–H and O–H groups in total. The van der Waals surface area contributed by atoms with E-state index in [2.05, 4.69) is 84.8 Å². The molecule has 1 saturated carbocycles. The van der Waals surface area contributed by atoms with Crippen molar-refractivity contribution in [3.8, 4) is 0 Å². The first-order valence-electron chi connectivity index (χ1n) is 12.6. The van der Waals surface area contributed by atoms with Gasteiger partial charge in [0, 0.05) is 63.0 Å². The fourth-order valence-electron chi connectivity index (χ4n) is 5.75. The summed E-state index contributed by atoms with van der Waals surface area (Å²) < 4.78 is 2.23. The molecule has 1 aliphatic heterocycles. The Bertz CT molecular complexity index is 878. The molecular weight excluding hydrogens is 394 g/mol. The molecule has 1 saturated heterocycles. The molecule has 2 heterocycles. The lowest BCUT2D eigenvalue weighted by atomic mass is 9.86. The molecule has 2 atom stereocenters. The minimum atomic E-state index is 0.0654. The number of benzene rings is 1. The Kier molecular flexibility index (Phi) is 7.40. The number of carbonyl (C=O) groups is 1. The molecule has 4 nitrogen and oxygen atoms in total. The molecule has 2 unspecified atom stereocenters. The molecule has 1 amide bonds. The van der Waals surface area contributed by atoms with Crippen molar-refractivity contribution in [3.05, 3.63) is 59.4 Å². The van der Waals surface area contributed by atoms with E-state index in [1.54, 1.807) is 0 Å². The van der Waals surface area contributed by atoms with Crippen LogP contribution in [0.25, 0.3) is 0 Å². The van der Waals surface area contributed by atoms with Gasteiger partial charge in [0.25, 0.3) is 0 Å². The van der Waals surface area contributed by atoms with Crippen molar-refractivity contribution >= 4 is 5.91 Å². The standard InChI is InChI=1S/C28H41N3O/c1-21(2)28(32)31(25-9-6-5-7-10-25)18-24-17-30(19-26-11-8-16-29(26)4)20-27(24)23-14-12-22(3)13-15-23/h8,11-16,21,24-25,27H,5-7,9-10,17-20H2,1-4H3. The topological polar surface area (TPSA) is 28.5 Å². The molecule has 4 heteroatoms. The van der Waals surface area contributed by atoms with Crippen molar-refractivity contribution < 1.29 is 4.79 Å². The van der Waals surface area contributed by atoms with Crippen LogP contribution in [-0.2, 0) is 18.4 Å². The highest BCUT2D eigenvalue weighted by Crippen LogP contribution is 2.36. The van der Waals surface area contributed by atoms with Gasteiger partial charge in [-0.3, -0.25) is 9.69 Å². The highest BCUT2D eigenvalue weighted by molar-refractivity contribution is 5.78. The third kappa shape index (κ3) is 5.28. The minimum Gasteiger partial charge on any atom is -0.353 e. The van der Waals surface area contributed by atoms with Crippen LogP contribution in [0.2, 0.25) is 0 Å². The predicted octanol–water partition coefficient (Wildman–Crippen LogP) is 5.37. The maximum absolute atomic E-state index is 13.3. The van der Waals surface area contributed by atoms with Crippen LogP contribution in [0.4, 0.5) is 0 Å². The smallest absolute Gasteiger partial charge is 0.225 e.